The summed E-state index contributed by atoms with van der Waals surface area (Å²) in [5.41, 5.74) is 29.6. The first-order chi connectivity index (χ1) is 47.0. The van der Waals surface area contributed by atoms with Gasteiger partial charge in [-0.3, -0.25) is 0 Å². The van der Waals surface area contributed by atoms with E-state index in [1.807, 2.05) is 6.07 Å². The van der Waals surface area contributed by atoms with E-state index in [0.717, 1.165) is 157 Å². The van der Waals surface area contributed by atoms with Crippen molar-refractivity contribution in [3.05, 3.63) is 290 Å². The molecule has 4 aliphatic rings. The van der Waals surface area contributed by atoms with Crippen LogP contribution in [0.25, 0.3) is 77.6 Å². The quantitative estimate of drug-likeness (QED) is 0.149. The molecule has 18 rings (SSSR count). The van der Waals surface area contributed by atoms with Crippen molar-refractivity contribution in [3.8, 4) is 78.6 Å². The second-order valence-electron chi connectivity index (χ2n) is 30.0. The Labute approximate surface area is 569 Å². The average Bonchev–Trinajstić information content (AvgIpc) is 0.879. The summed E-state index contributed by atoms with van der Waals surface area (Å²) in [6, 6.07) is 102. The smallest absolute Gasteiger partial charge is 0.256 e. The number of nitrogens with zero attached hydrogens (tertiary/aromatic N) is 2. The molecule has 14 aromatic rings. The summed E-state index contributed by atoms with van der Waals surface area (Å²) in [5.74, 6) is 3.42. The van der Waals surface area contributed by atoms with E-state index in [1.54, 1.807) is 0 Å². The van der Waals surface area contributed by atoms with Gasteiger partial charge in [0.15, 0.2) is 0 Å². The van der Waals surface area contributed by atoms with E-state index >= 15 is 0 Å². The molecule has 0 N–H and O–H groups in total. The number of furan rings is 1. The number of para-hydroxylation sites is 1. The lowest BCUT2D eigenvalue weighted by Crippen LogP contribution is -2.64. The fourth-order valence-electron chi connectivity index (χ4n) is 15.7. The first kappa shape index (κ1) is 58.6. The Hall–Kier alpha value is -11.0. The number of rotatable bonds is 7. The topological polar surface area (TPSA) is 38.1 Å². The molecular weight excluding hydrogens is 1180 g/mol. The SMILES string of the molecule is CC(C)(C)c1ccc(N2c3cc4c(cc3B3c5ccc(-c6ccccc6)cc5Oc5cc(-c6ccc7oc8ccccc8c7c6)cc2c53)B2c3ccc(-c5ccccc5)cc3Oc3cc(C(C)(C)C)cc(c32)N4c2c(-c3ccccc3)cc(C(C)(C)C)cc2-c2ccccc2)cc1. The summed E-state index contributed by atoms with van der Waals surface area (Å²) < 4.78 is 21.6. The highest BCUT2D eigenvalue weighted by atomic mass is 16.5. The summed E-state index contributed by atoms with van der Waals surface area (Å²) in [6.07, 6.45) is 0. The largest absolute Gasteiger partial charge is 0.458 e. The normalized spacial score (nSPS) is 13.5. The number of fused-ring (bicyclic) bond motifs is 11. The summed E-state index contributed by atoms with van der Waals surface area (Å²) in [5, 5.41) is 2.17. The molecule has 466 valence electrons. The molecule has 0 fully saturated rings. The van der Waals surface area contributed by atoms with Gasteiger partial charge < -0.3 is 23.7 Å². The zero-order chi connectivity index (χ0) is 65.8. The number of benzene rings is 13. The molecule has 0 atom stereocenters. The predicted octanol–water partition coefficient (Wildman–Crippen LogP) is 20.6. The fraction of sp³-hybridized carbons (Fsp3) is 0.133. The minimum Gasteiger partial charge on any atom is -0.458 e. The maximum Gasteiger partial charge on any atom is 0.256 e. The van der Waals surface area contributed by atoms with Crippen molar-refractivity contribution >= 4 is 102 Å². The molecule has 0 saturated carbocycles. The van der Waals surface area contributed by atoms with E-state index in [9.17, 15) is 0 Å². The van der Waals surface area contributed by atoms with Gasteiger partial charge in [0.05, 0.1) is 5.69 Å². The van der Waals surface area contributed by atoms with Gasteiger partial charge in [-0.05, 0) is 195 Å². The van der Waals surface area contributed by atoms with Crippen molar-refractivity contribution in [2.75, 3.05) is 9.80 Å². The average molecular weight is 1250 g/mol. The lowest BCUT2D eigenvalue weighted by Gasteiger charge is -2.45. The number of anilines is 6. The molecule has 0 aliphatic carbocycles. The molecule has 0 saturated heterocycles. The molecule has 7 heteroatoms. The van der Waals surface area contributed by atoms with Crippen molar-refractivity contribution in [3.63, 3.8) is 0 Å². The molecule has 0 radical (unpaired) electrons. The van der Waals surface area contributed by atoms with Crippen LogP contribution in [0.4, 0.5) is 34.1 Å². The first-order valence-corrected chi connectivity index (χ1v) is 34.2. The molecule has 13 aromatic carbocycles. The van der Waals surface area contributed by atoms with Crippen LogP contribution in [0, 0.1) is 0 Å². The van der Waals surface area contributed by atoms with Crippen LogP contribution < -0.4 is 52.1 Å². The number of ether oxygens (including phenoxy) is 2. The summed E-state index contributed by atoms with van der Waals surface area (Å²) in [6.45, 7) is 20.4. The Morgan fingerprint density at radius 2 is 0.722 bits per heavy atom. The van der Waals surface area contributed by atoms with Gasteiger partial charge in [0.2, 0.25) is 0 Å². The van der Waals surface area contributed by atoms with Crippen LogP contribution in [-0.4, -0.2) is 13.4 Å². The maximum absolute atomic E-state index is 7.57. The van der Waals surface area contributed by atoms with Crippen LogP contribution in [0.2, 0.25) is 0 Å². The lowest BCUT2D eigenvalue weighted by molar-refractivity contribution is 0.483. The van der Waals surface area contributed by atoms with Crippen molar-refractivity contribution in [1.29, 1.82) is 0 Å². The summed E-state index contributed by atoms with van der Waals surface area (Å²) in [7, 11) is 0. The highest BCUT2D eigenvalue weighted by molar-refractivity contribution is 7.02. The number of hydrogen-bond acceptors (Lipinski definition) is 5. The third-order valence-corrected chi connectivity index (χ3v) is 20.8. The van der Waals surface area contributed by atoms with Crippen LogP contribution in [0.1, 0.15) is 79.0 Å². The first-order valence-electron chi connectivity index (χ1n) is 34.2. The van der Waals surface area contributed by atoms with Gasteiger partial charge in [0.25, 0.3) is 13.4 Å². The highest BCUT2D eigenvalue weighted by Gasteiger charge is 2.49. The third kappa shape index (κ3) is 9.60. The minimum absolute atomic E-state index is 0.0797. The summed E-state index contributed by atoms with van der Waals surface area (Å²) in [4.78, 5) is 5.23. The molecular formula is C90H72B2N2O3. The Balaban J connectivity index is 0.988. The van der Waals surface area contributed by atoms with Crippen molar-refractivity contribution in [1.82, 2.24) is 0 Å². The van der Waals surface area contributed by atoms with Crippen LogP contribution in [0.3, 0.4) is 0 Å². The molecule has 97 heavy (non-hydrogen) atoms. The van der Waals surface area contributed by atoms with E-state index in [2.05, 4.69) is 339 Å². The van der Waals surface area contributed by atoms with Crippen molar-refractivity contribution < 1.29 is 13.9 Å². The van der Waals surface area contributed by atoms with Crippen molar-refractivity contribution in [2.24, 2.45) is 0 Å². The van der Waals surface area contributed by atoms with Crippen LogP contribution >= 0.6 is 0 Å². The van der Waals surface area contributed by atoms with Crippen LogP contribution in [0.5, 0.6) is 23.0 Å². The van der Waals surface area contributed by atoms with E-state index < -0.39 is 0 Å². The molecule has 1 aromatic heterocycles. The molecule has 5 nitrogen and oxygen atoms in total. The molecule has 0 unspecified atom stereocenters. The zero-order valence-electron chi connectivity index (χ0n) is 56.3. The van der Waals surface area contributed by atoms with Gasteiger partial charge >= 0.3 is 0 Å². The van der Waals surface area contributed by atoms with Gasteiger partial charge in [-0.25, -0.2) is 0 Å². The number of hydrogen-bond donors (Lipinski definition) is 0. The Kier molecular flexibility index (Phi) is 13.1. The molecule has 5 heterocycles. The molecule has 0 bridgehead atoms. The monoisotopic (exact) mass is 1250 g/mol. The molecule has 0 spiro atoms. The van der Waals surface area contributed by atoms with Gasteiger partial charge in [-0.15, -0.1) is 0 Å². The Morgan fingerprint density at radius 1 is 0.278 bits per heavy atom. The Morgan fingerprint density at radius 3 is 1.27 bits per heavy atom. The third-order valence-electron chi connectivity index (χ3n) is 20.8. The Bertz CT molecular complexity index is 5470. The maximum atomic E-state index is 7.57. The fourth-order valence-corrected chi connectivity index (χ4v) is 15.7. The van der Waals surface area contributed by atoms with E-state index in [4.69, 9.17) is 13.9 Å². The minimum atomic E-state index is -0.264. The van der Waals surface area contributed by atoms with Gasteiger partial charge in [-0.1, -0.05) is 250 Å². The second kappa shape index (κ2) is 21.8. The molecule has 0 amide bonds. The van der Waals surface area contributed by atoms with E-state index in [-0.39, 0.29) is 29.7 Å². The predicted molar refractivity (Wildman–Crippen MR) is 409 cm³/mol. The van der Waals surface area contributed by atoms with Gasteiger partial charge in [0, 0.05) is 50.3 Å². The highest BCUT2D eigenvalue weighted by Crippen LogP contribution is 2.54. The lowest BCUT2D eigenvalue weighted by atomic mass is 9.30. The summed E-state index contributed by atoms with van der Waals surface area (Å²) >= 11 is 0. The zero-order valence-corrected chi connectivity index (χ0v) is 56.3. The second-order valence-corrected chi connectivity index (χ2v) is 30.0. The van der Waals surface area contributed by atoms with Gasteiger partial charge in [0.1, 0.15) is 34.2 Å². The van der Waals surface area contributed by atoms with Crippen LogP contribution in [-0.2, 0) is 16.2 Å². The standard InChI is InChI=1S/C90H72B2N2O3/c1-88(2,3)63-37-39-66(40-38-63)93-75-54-76-74(53-73(75)91-71-41-34-60(55-24-14-10-15-25-55)46-81(71)96-83-48-62(45-77(93)85(83)91)59-36-43-80-70(44-59)67-32-22-23-33-79(67)95-80)92-72-42-35-61(56-26-16-11-17-27-56)47-82(72)97-84-52-65(90(7,8)9)51-78(86(84)92)94(76)87-68(57-28-18-12-19-29-57)49-64(89(4,5)6)50-69(87)58-30-20-13-21-31-58/h10-54H,1-9H3. The van der Waals surface area contributed by atoms with Crippen molar-refractivity contribution in [2.45, 2.75) is 78.6 Å². The van der Waals surface area contributed by atoms with E-state index in [0.29, 0.717) is 0 Å². The van der Waals surface area contributed by atoms with E-state index in [1.165, 1.54) is 27.6 Å². The van der Waals surface area contributed by atoms with Gasteiger partial charge in [-0.2, -0.15) is 0 Å². The van der Waals surface area contributed by atoms with Crippen LogP contribution in [0.15, 0.2) is 277 Å². The molecule has 4 aliphatic heterocycles.